The van der Waals surface area contributed by atoms with E-state index in [1.807, 2.05) is 6.07 Å². The fourth-order valence-corrected chi connectivity index (χ4v) is 3.81. The summed E-state index contributed by atoms with van der Waals surface area (Å²) in [6, 6.07) is 12.9. The van der Waals surface area contributed by atoms with Crippen LogP contribution >= 0.6 is 0 Å². The molecule has 0 radical (unpaired) electrons. The third-order valence-electron chi connectivity index (χ3n) is 3.90. The van der Waals surface area contributed by atoms with Crippen molar-refractivity contribution in [2.45, 2.75) is 18.2 Å². The predicted molar refractivity (Wildman–Crippen MR) is 90.1 cm³/mol. The zero-order chi connectivity index (χ0) is 17.3. The van der Waals surface area contributed by atoms with Crippen molar-refractivity contribution in [1.29, 1.82) is 5.26 Å². The van der Waals surface area contributed by atoms with E-state index in [1.54, 1.807) is 41.3 Å². The van der Waals surface area contributed by atoms with Gasteiger partial charge in [0.05, 0.1) is 16.5 Å². The van der Waals surface area contributed by atoms with Crippen LogP contribution in [0.15, 0.2) is 47.4 Å². The Balaban J connectivity index is 1.88. The number of carbonyl (C=O) groups is 1. The second kappa shape index (κ2) is 5.98. The molecule has 1 aliphatic heterocycles. The van der Waals surface area contributed by atoms with Crippen LogP contribution in [0.3, 0.4) is 0 Å². The molecule has 1 heterocycles. The summed E-state index contributed by atoms with van der Waals surface area (Å²) in [6.45, 7) is 2.06. The highest BCUT2D eigenvalue weighted by atomic mass is 32.2. The molecule has 7 heteroatoms. The average Bonchev–Trinajstić information content (AvgIpc) is 2.98. The first-order valence-electron chi connectivity index (χ1n) is 7.35. The molecular formula is C17H15N3O3S. The van der Waals surface area contributed by atoms with E-state index in [9.17, 15) is 13.2 Å². The van der Waals surface area contributed by atoms with Crippen LogP contribution in [0.25, 0.3) is 0 Å². The van der Waals surface area contributed by atoms with Gasteiger partial charge in [-0.05, 0) is 54.4 Å². The molecule has 0 saturated carbocycles. The largest absolute Gasteiger partial charge is 0.312 e. The van der Waals surface area contributed by atoms with Crippen molar-refractivity contribution in [3.63, 3.8) is 0 Å². The number of nitrogens with zero attached hydrogens (tertiary/aromatic N) is 2. The third-order valence-corrected chi connectivity index (χ3v) is 5.28. The lowest BCUT2D eigenvalue weighted by Crippen LogP contribution is -2.25. The Kier molecular flexibility index (Phi) is 3.99. The summed E-state index contributed by atoms with van der Waals surface area (Å²) >= 11 is 0. The van der Waals surface area contributed by atoms with Gasteiger partial charge in [0.25, 0.3) is 10.0 Å². The van der Waals surface area contributed by atoms with Gasteiger partial charge in [0.15, 0.2) is 0 Å². The van der Waals surface area contributed by atoms with Gasteiger partial charge >= 0.3 is 0 Å². The number of hydrogen-bond donors (Lipinski definition) is 1. The predicted octanol–water partition coefficient (Wildman–Crippen LogP) is 2.27. The van der Waals surface area contributed by atoms with Crippen LogP contribution in [0, 0.1) is 11.3 Å². The number of rotatable bonds is 3. The molecule has 0 fully saturated rings. The minimum atomic E-state index is -3.73. The monoisotopic (exact) mass is 341 g/mol. The molecule has 2 aromatic rings. The highest BCUT2D eigenvalue weighted by molar-refractivity contribution is 7.92. The van der Waals surface area contributed by atoms with Crippen LogP contribution in [0.2, 0.25) is 0 Å². The minimum absolute atomic E-state index is 0.0555. The quantitative estimate of drug-likeness (QED) is 0.927. The van der Waals surface area contributed by atoms with Crippen molar-refractivity contribution in [1.82, 2.24) is 0 Å². The van der Waals surface area contributed by atoms with Gasteiger partial charge in [-0.3, -0.25) is 9.52 Å². The number of fused-ring (bicyclic) bond motifs is 1. The first kappa shape index (κ1) is 16.0. The molecule has 2 aromatic carbocycles. The van der Waals surface area contributed by atoms with Gasteiger partial charge in [0.2, 0.25) is 5.91 Å². The molecule has 3 rings (SSSR count). The molecule has 0 aliphatic carbocycles. The molecule has 1 aliphatic rings. The molecule has 0 bridgehead atoms. The van der Waals surface area contributed by atoms with Gasteiger partial charge < -0.3 is 4.90 Å². The smallest absolute Gasteiger partial charge is 0.261 e. The van der Waals surface area contributed by atoms with Gasteiger partial charge in [-0.15, -0.1) is 0 Å². The van der Waals surface area contributed by atoms with E-state index >= 15 is 0 Å². The first-order chi connectivity index (χ1) is 11.4. The second-order valence-electron chi connectivity index (χ2n) is 5.51. The summed E-state index contributed by atoms with van der Waals surface area (Å²) in [5, 5.41) is 8.77. The number of carbonyl (C=O) groups excluding carboxylic acids is 1. The maximum absolute atomic E-state index is 12.5. The number of anilines is 2. The van der Waals surface area contributed by atoms with E-state index in [1.165, 1.54) is 13.0 Å². The molecule has 1 amide bonds. The molecule has 0 spiro atoms. The Morgan fingerprint density at radius 3 is 2.54 bits per heavy atom. The van der Waals surface area contributed by atoms with Crippen LogP contribution in [0.1, 0.15) is 18.1 Å². The van der Waals surface area contributed by atoms with Gasteiger partial charge in [-0.1, -0.05) is 0 Å². The Morgan fingerprint density at radius 1 is 1.21 bits per heavy atom. The standard InChI is InChI=1S/C17H15N3O3S/c1-12(21)20-9-8-14-10-16(6-7-17(14)20)24(22,23)19-15-4-2-13(11-18)3-5-15/h2-7,10,19H,8-9H2,1H3. The minimum Gasteiger partial charge on any atom is -0.312 e. The lowest BCUT2D eigenvalue weighted by atomic mass is 10.2. The van der Waals surface area contributed by atoms with E-state index < -0.39 is 10.0 Å². The van der Waals surface area contributed by atoms with Crippen LogP contribution in [0.4, 0.5) is 11.4 Å². The lowest BCUT2D eigenvalue weighted by Gasteiger charge is -2.15. The highest BCUT2D eigenvalue weighted by Gasteiger charge is 2.24. The molecular weight excluding hydrogens is 326 g/mol. The van der Waals surface area contributed by atoms with Crippen molar-refractivity contribution in [3.05, 3.63) is 53.6 Å². The summed E-state index contributed by atoms with van der Waals surface area (Å²) in [7, 11) is -3.73. The average molecular weight is 341 g/mol. The molecule has 24 heavy (non-hydrogen) atoms. The Hall–Kier alpha value is -2.85. The molecule has 0 saturated heterocycles. The van der Waals surface area contributed by atoms with Crippen LogP contribution in [-0.4, -0.2) is 20.9 Å². The van der Waals surface area contributed by atoms with E-state index in [2.05, 4.69) is 4.72 Å². The number of nitriles is 1. The van der Waals surface area contributed by atoms with Crippen molar-refractivity contribution in [2.75, 3.05) is 16.2 Å². The topological polar surface area (TPSA) is 90.3 Å². The molecule has 6 nitrogen and oxygen atoms in total. The lowest BCUT2D eigenvalue weighted by molar-refractivity contribution is -0.116. The SMILES string of the molecule is CC(=O)N1CCc2cc(S(=O)(=O)Nc3ccc(C#N)cc3)ccc21. The summed E-state index contributed by atoms with van der Waals surface area (Å²) in [6.07, 6.45) is 0.634. The third kappa shape index (κ3) is 2.96. The zero-order valence-electron chi connectivity index (χ0n) is 13.0. The van der Waals surface area contributed by atoms with Crippen LogP contribution in [0.5, 0.6) is 0 Å². The highest BCUT2D eigenvalue weighted by Crippen LogP contribution is 2.30. The van der Waals surface area contributed by atoms with Gasteiger partial charge in [-0.25, -0.2) is 8.42 Å². The van der Waals surface area contributed by atoms with E-state index in [-0.39, 0.29) is 10.8 Å². The van der Waals surface area contributed by atoms with Gasteiger partial charge in [0, 0.05) is 24.8 Å². The summed E-state index contributed by atoms with van der Waals surface area (Å²) in [5.41, 5.74) is 2.45. The van der Waals surface area contributed by atoms with E-state index in [0.29, 0.717) is 24.2 Å². The maximum atomic E-state index is 12.5. The van der Waals surface area contributed by atoms with Gasteiger partial charge in [-0.2, -0.15) is 5.26 Å². The second-order valence-corrected chi connectivity index (χ2v) is 7.19. The summed E-state index contributed by atoms with van der Waals surface area (Å²) in [5.74, 6) is -0.0555. The van der Waals surface area contributed by atoms with Gasteiger partial charge in [0.1, 0.15) is 0 Å². The first-order valence-corrected chi connectivity index (χ1v) is 8.83. The van der Waals surface area contributed by atoms with E-state index in [0.717, 1.165) is 11.3 Å². The molecule has 0 atom stereocenters. The molecule has 0 unspecified atom stereocenters. The fraction of sp³-hybridized carbons (Fsp3) is 0.176. The normalized spacial score (nSPS) is 13.2. The van der Waals surface area contributed by atoms with Crippen molar-refractivity contribution in [2.24, 2.45) is 0 Å². The Bertz CT molecular complexity index is 944. The molecule has 1 N–H and O–H groups in total. The number of nitrogens with one attached hydrogen (secondary N) is 1. The Labute approximate surface area is 140 Å². The summed E-state index contributed by atoms with van der Waals surface area (Å²) < 4.78 is 27.5. The molecule has 122 valence electrons. The van der Waals surface area contributed by atoms with Crippen LogP contribution < -0.4 is 9.62 Å². The maximum Gasteiger partial charge on any atom is 0.261 e. The Morgan fingerprint density at radius 2 is 1.92 bits per heavy atom. The van der Waals surface area contributed by atoms with Crippen LogP contribution in [-0.2, 0) is 21.2 Å². The van der Waals surface area contributed by atoms with Crippen molar-refractivity contribution < 1.29 is 13.2 Å². The number of hydrogen-bond acceptors (Lipinski definition) is 4. The molecule has 0 aromatic heterocycles. The number of benzene rings is 2. The summed E-state index contributed by atoms with van der Waals surface area (Å²) in [4.78, 5) is 13.3. The van der Waals surface area contributed by atoms with Crippen molar-refractivity contribution in [3.8, 4) is 6.07 Å². The number of sulfonamides is 1. The van der Waals surface area contributed by atoms with E-state index in [4.69, 9.17) is 5.26 Å². The number of amides is 1. The fourth-order valence-electron chi connectivity index (χ4n) is 2.70. The van der Waals surface area contributed by atoms with Crippen molar-refractivity contribution >= 4 is 27.3 Å². The zero-order valence-corrected chi connectivity index (χ0v) is 13.8.